The third kappa shape index (κ3) is 6.33. The molecule has 0 saturated heterocycles. The zero-order valence-corrected chi connectivity index (χ0v) is 13.8. The lowest BCUT2D eigenvalue weighted by Crippen LogP contribution is -2.36. The molecule has 0 aromatic heterocycles. The zero-order valence-electron chi connectivity index (χ0n) is 12.2. The van der Waals surface area contributed by atoms with Gasteiger partial charge in [0.15, 0.2) is 0 Å². The number of carbonyl (C=O) groups is 1. The van der Waals surface area contributed by atoms with Crippen molar-refractivity contribution in [3.8, 4) is 0 Å². The standard InChI is InChI=1S/C13H20ClN3O3S/c1-8(2)6-11(15)13(18)16-12-7-9(4-5-10(12)14)17-21(3,19)20/h4-5,7-8,11,17H,6,15H2,1-3H3,(H,16,18)/t11-/m1/s1. The fraction of sp³-hybridized carbons (Fsp3) is 0.462. The van der Waals surface area contributed by atoms with E-state index in [9.17, 15) is 13.2 Å². The summed E-state index contributed by atoms with van der Waals surface area (Å²) in [6.45, 7) is 3.94. The average Bonchev–Trinajstić information content (AvgIpc) is 2.30. The highest BCUT2D eigenvalue weighted by atomic mass is 35.5. The molecule has 1 aromatic rings. The summed E-state index contributed by atoms with van der Waals surface area (Å²) in [4.78, 5) is 12.0. The summed E-state index contributed by atoms with van der Waals surface area (Å²) >= 11 is 5.99. The van der Waals surface area contributed by atoms with Crippen LogP contribution in [-0.4, -0.2) is 26.6 Å². The topological polar surface area (TPSA) is 101 Å². The van der Waals surface area contributed by atoms with E-state index in [0.29, 0.717) is 28.7 Å². The highest BCUT2D eigenvalue weighted by Gasteiger charge is 2.16. The molecule has 1 aromatic carbocycles. The second-order valence-corrected chi connectivity index (χ2v) is 7.45. The molecule has 0 unspecified atom stereocenters. The van der Waals surface area contributed by atoms with E-state index < -0.39 is 16.1 Å². The Balaban J connectivity index is 2.87. The number of hydrogen-bond donors (Lipinski definition) is 3. The van der Waals surface area contributed by atoms with Crippen LogP contribution in [0.5, 0.6) is 0 Å². The molecule has 0 aliphatic carbocycles. The second-order valence-electron chi connectivity index (χ2n) is 5.29. The smallest absolute Gasteiger partial charge is 0.241 e. The molecule has 118 valence electrons. The van der Waals surface area contributed by atoms with Gasteiger partial charge in [-0.2, -0.15) is 0 Å². The fourth-order valence-electron chi connectivity index (χ4n) is 1.74. The normalized spacial score (nSPS) is 13.0. The third-order valence-electron chi connectivity index (χ3n) is 2.59. The van der Waals surface area contributed by atoms with Gasteiger partial charge in [0.05, 0.1) is 28.7 Å². The van der Waals surface area contributed by atoms with E-state index in [1.165, 1.54) is 18.2 Å². The number of nitrogens with two attached hydrogens (primary N) is 1. The number of anilines is 2. The van der Waals surface area contributed by atoms with Crippen LogP contribution in [0.3, 0.4) is 0 Å². The number of amides is 1. The Morgan fingerprint density at radius 1 is 1.38 bits per heavy atom. The van der Waals surface area contributed by atoms with Crippen molar-refractivity contribution in [2.75, 3.05) is 16.3 Å². The number of rotatable bonds is 6. The lowest BCUT2D eigenvalue weighted by atomic mass is 10.0. The van der Waals surface area contributed by atoms with Crippen LogP contribution >= 0.6 is 11.6 Å². The van der Waals surface area contributed by atoms with E-state index in [0.717, 1.165) is 6.26 Å². The van der Waals surface area contributed by atoms with Gasteiger partial charge < -0.3 is 11.1 Å². The Hall–Kier alpha value is -1.31. The SMILES string of the molecule is CC(C)C[C@@H](N)C(=O)Nc1cc(NS(C)(=O)=O)ccc1Cl. The number of halogens is 1. The summed E-state index contributed by atoms with van der Waals surface area (Å²) in [5, 5.41) is 2.92. The van der Waals surface area contributed by atoms with Crippen molar-refractivity contribution in [3.63, 3.8) is 0 Å². The summed E-state index contributed by atoms with van der Waals surface area (Å²) in [7, 11) is -3.40. The molecule has 0 bridgehead atoms. The minimum absolute atomic E-state index is 0.291. The predicted molar refractivity (Wildman–Crippen MR) is 86.0 cm³/mol. The first-order valence-corrected chi connectivity index (χ1v) is 8.69. The fourth-order valence-corrected chi connectivity index (χ4v) is 2.46. The van der Waals surface area contributed by atoms with Gasteiger partial charge in [-0.25, -0.2) is 8.42 Å². The highest BCUT2D eigenvalue weighted by molar-refractivity contribution is 7.92. The quantitative estimate of drug-likeness (QED) is 0.741. The number of benzene rings is 1. The highest BCUT2D eigenvalue weighted by Crippen LogP contribution is 2.26. The Labute approximate surface area is 130 Å². The van der Waals surface area contributed by atoms with Crippen molar-refractivity contribution in [2.24, 2.45) is 11.7 Å². The molecule has 21 heavy (non-hydrogen) atoms. The first kappa shape index (κ1) is 17.7. The molecule has 6 nitrogen and oxygen atoms in total. The van der Waals surface area contributed by atoms with Crippen molar-refractivity contribution in [1.82, 2.24) is 0 Å². The van der Waals surface area contributed by atoms with E-state index in [1.54, 1.807) is 0 Å². The van der Waals surface area contributed by atoms with Gasteiger partial charge in [-0.15, -0.1) is 0 Å². The van der Waals surface area contributed by atoms with Crippen LogP contribution in [0.4, 0.5) is 11.4 Å². The minimum atomic E-state index is -3.40. The second kappa shape index (κ2) is 7.11. The first-order valence-electron chi connectivity index (χ1n) is 6.42. The molecule has 1 atom stereocenters. The molecule has 0 spiro atoms. The van der Waals surface area contributed by atoms with E-state index in [2.05, 4.69) is 10.0 Å². The van der Waals surface area contributed by atoms with Gasteiger partial charge in [-0.05, 0) is 30.5 Å². The van der Waals surface area contributed by atoms with E-state index in [4.69, 9.17) is 17.3 Å². The van der Waals surface area contributed by atoms with Gasteiger partial charge in [-0.3, -0.25) is 9.52 Å². The molecule has 0 aliphatic heterocycles. The van der Waals surface area contributed by atoms with Gasteiger partial charge in [0, 0.05) is 0 Å². The zero-order chi connectivity index (χ0) is 16.2. The average molecular weight is 334 g/mol. The maximum atomic E-state index is 12.0. The Kier molecular flexibility index (Phi) is 6.00. The third-order valence-corrected chi connectivity index (χ3v) is 3.53. The van der Waals surface area contributed by atoms with Gasteiger partial charge in [0.1, 0.15) is 0 Å². The summed E-state index contributed by atoms with van der Waals surface area (Å²) in [6, 6.07) is 3.81. The van der Waals surface area contributed by atoms with E-state index in [1.807, 2.05) is 13.8 Å². The molecule has 8 heteroatoms. The monoisotopic (exact) mass is 333 g/mol. The largest absolute Gasteiger partial charge is 0.323 e. The van der Waals surface area contributed by atoms with Crippen molar-refractivity contribution < 1.29 is 13.2 Å². The van der Waals surface area contributed by atoms with E-state index >= 15 is 0 Å². The Morgan fingerprint density at radius 2 is 2.00 bits per heavy atom. The lowest BCUT2D eigenvalue weighted by molar-refractivity contribution is -0.117. The van der Waals surface area contributed by atoms with Crippen LogP contribution in [0.1, 0.15) is 20.3 Å². The van der Waals surface area contributed by atoms with Crippen LogP contribution in [0, 0.1) is 5.92 Å². The number of carbonyl (C=O) groups excluding carboxylic acids is 1. The van der Waals surface area contributed by atoms with E-state index in [-0.39, 0.29) is 5.91 Å². The summed E-state index contributed by atoms with van der Waals surface area (Å²) in [5.41, 5.74) is 6.42. The summed E-state index contributed by atoms with van der Waals surface area (Å²) in [5.74, 6) is -0.0680. The minimum Gasteiger partial charge on any atom is -0.323 e. The summed E-state index contributed by atoms with van der Waals surface area (Å²) < 4.78 is 24.7. The maximum absolute atomic E-state index is 12.0. The molecule has 0 heterocycles. The van der Waals surface area contributed by atoms with Gasteiger partial charge in [-0.1, -0.05) is 25.4 Å². The Bertz CT molecular complexity index is 617. The van der Waals surface area contributed by atoms with Gasteiger partial charge in [0.25, 0.3) is 0 Å². The number of hydrogen-bond acceptors (Lipinski definition) is 4. The molecule has 0 aliphatic rings. The number of nitrogens with one attached hydrogen (secondary N) is 2. The molecule has 1 amide bonds. The molecule has 0 saturated carbocycles. The van der Waals surface area contributed by atoms with Crippen LogP contribution in [-0.2, 0) is 14.8 Å². The van der Waals surface area contributed by atoms with Crippen LogP contribution in [0.2, 0.25) is 5.02 Å². The predicted octanol–water partition coefficient (Wildman–Crippen LogP) is 2.02. The number of sulfonamides is 1. The van der Waals surface area contributed by atoms with Crippen molar-refractivity contribution in [3.05, 3.63) is 23.2 Å². The molecule has 4 N–H and O–H groups in total. The lowest BCUT2D eigenvalue weighted by Gasteiger charge is -2.15. The summed E-state index contributed by atoms with van der Waals surface area (Å²) in [6.07, 6.45) is 1.59. The van der Waals surface area contributed by atoms with Crippen molar-refractivity contribution in [1.29, 1.82) is 0 Å². The molecular weight excluding hydrogens is 314 g/mol. The van der Waals surface area contributed by atoms with Crippen LogP contribution < -0.4 is 15.8 Å². The van der Waals surface area contributed by atoms with Crippen molar-refractivity contribution >= 4 is 38.9 Å². The maximum Gasteiger partial charge on any atom is 0.241 e. The van der Waals surface area contributed by atoms with Crippen molar-refractivity contribution in [2.45, 2.75) is 26.3 Å². The van der Waals surface area contributed by atoms with Gasteiger partial charge in [0.2, 0.25) is 15.9 Å². The molecule has 1 rings (SSSR count). The Morgan fingerprint density at radius 3 is 2.52 bits per heavy atom. The molecule has 0 radical (unpaired) electrons. The molecular formula is C13H20ClN3O3S. The van der Waals surface area contributed by atoms with Crippen LogP contribution in [0.15, 0.2) is 18.2 Å². The van der Waals surface area contributed by atoms with Gasteiger partial charge >= 0.3 is 0 Å². The first-order chi connectivity index (χ1) is 9.58. The molecule has 0 fully saturated rings. The van der Waals surface area contributed by atoms with Crippen LogP contribution in [0.25, 0.3) is 0 Å².